The van der Waals surface area contributed by atoms with Crippen LogP contribution in [0.5, 0.6) is 0 Å². The SMILES string of the molecule is CC(C)C[C@H](N)C(=O)N[C@H](C(=O)O)[C@@H]1C[C@@H](O)[C@@H](O)[C@H](n2ccc(=O)[nH]c2=O)O1. The van der Waals surface area contributed by atoms with Crippen LogP contribution in [-0.4, -0.2) is 67.1 Å². The number of H-pyrrole nitrogens is 1. The molecule has 0 spiro atoms. The Kier molecular flexibility index (Phi) is 7.30. The Morgan fingerprint density at radius 1 is 1.38 bits per heavy atom. The van der Waals surface area contributed by atoms with Crippen molar-refractivity contribution in [1.82, 2.24) is 14.9 Å². The van der Waals surface area contributed by atoms with Gasteiger partial charge in [-0.15, -0.1) is 0 Å². The zero-order valence-electron chi connectivity index (χ0n) is 16.0. The third-order valence-electron chi connectivity index (χ3n) is 4.60. The lowest BCUT2D eigenvalue weighted by atomic mass is 9.95. The Labute approximate surface area is 165 Å². The van der Waals surface area contributed by atoms with E-state index >= 15 is 0 Å². The summed E-state index contributed by atoms with van der Waals surface area (Å²) in [6.07, 6.45) is -4.69. The van der Waals surface area contributed by atoms with Crippen LogP contribution in [0.2, 0.25) is 0 Å². The van der Waals surface area contributed by atoms with Gasteiger partial charge in [0.25, 0.3) is 5.56 Å². The Balaban J connectivity index is 2.25. The second-order valence-electron chi connectivity index (χ2n) is 7.44. The molecule has 0 saturated carbocycles. The molecule has 1 saturated heterocycles. The number of rotatable bonds is 7. The van der Waals surface area contributed by atoms with Gasteiger partial charge in [0.1, 0.15) is 6.10 Å². The first-order valence-electron chi connectivity index (χ1n) is 9.13. The Morgan fingerprint density at radius 2 is 2.03 bits per heavy atom. The number of hydrogen-bond donors (Lipinski definition) is 6. The van der Waals surface area contributed by atoms with Crippen molar-refractivity contribution in [2.75, 3.05) is 0 Å². The molecule has 1 aromatic rings. The number of carbonyl (C=O) groups excluding carboxylic acids is 1. The Morgan fingerprint density at radius 3 is 2.59 bits per heavy atom. The van der Waals surface area contributed by atoms with E-state index in [1.807, 2.05) is 18.8 Å². The summed E-state index contributed by atoms with van der Waals surface area (Å²) in [7, 11) is 0. The zero-order chi connectivity index (χ0) is 21.9. The average Bonchev–Trinajstić information content (AvgIpc) is 2.61. The number of aliphatic hydroxyl groups is 2. The molecule has 29 heavy (non-hydrogen) atoms. The van der Waals surface area contributed by atoms with Crippen LogP contribution >= 0.6 is 0 Å². The minimum atomic E-state index is -1.58. The predicted molar refractivity (Wildman–Crippen MR) is 98.9 cm³/mol. The van der Waals surface area contributed by atoms with Crippen molar-refractivity contribution in [3.63, 3.8) is 0 Å². The van der Waals surface area contributed by atoms with Gasteiger partial charge in [0.15, 0.2) is 12.3 Å². The number of carboxylic acid groups (broad SMARTS) is 1. The molecule has 2 rings (SSSR count). The van der Waals surface area contributed by atoms with Crippen molar-refractivity contribution < 1.29 is 29.6 Å². The van der Waals surface area contributed by atoms with Crippen LogP contribution in [0.4, 0.5) is 0 Å². The highest BCUT2D eigenvalue weighted by Gasteiger charge is 2.44. The van der Waals surface area contributed by atoms with Crippen LogP contribution in [0, 0.1) is 5.92 Å². The largest absolute Gasteiger partial charge is 0.480 e. The fourth-order valence-corrected chi connectivity index (χ4v) is 3.14. The summed E-state index contributed by atoms with van der Waals surface area (Å²) in [5.74, 6) is -2.03. The summed E-state index contributed by atoms with van der Waals surface area (Å²) in [5.41, 5.74) is 4.19. The van der Waals surface area contributed by atoms with Crippen molar-refractivity contribution >= 4 is 11.9 Å². The van der Waals surface area contributed by atoms with Gasteiger partial charge >= 0.3 is 11.7 Å². The molecule has 2 heterocycles. The van der Waals surface area contributed by atoms with E-state index in [4.69, 9.17) is 10.5 Å². The monoisotopic (exact) mass is 414 g/mol. The number of hydrogen-bond acceptors (Lipinski definition) is 8. The molecule has 1 aromatic heterocycles. The molecule has 1 aliphatic rings. The molecule has 162 valence electrons. The van der Waals surface area contributed by atoms with Crippen molar-refractivity contribution in [2.24, 2.45) is 11.7 Å². The third kappa shape index (κ3) is 5.50. The molecule has 12 heteroatoms. The molecule has 1 amide bonds. The topological polar surface area (TPSA) is 197 Å². The maximum atomic E-state index is 12.3. The number of aliphatic carboxylic acids is 1. The smallest absolute Gasteiger partial charge is 0.330 e. The number of nitrogens with one attached hydrogen (secondary N) is 2. The number of amides is 1. The molecule has 7 N–H and O–H groups in total. The fraction of sp³-hybridized carbons (Fsp3) is 0.647. The number of ether oxygens (including phenoxy) is 1. The molecular weight excluding hydrogens is 388 g/mol. The lowest BCUT2D eigenvalue weighted by Crippen LogP contribution is -2.59. The average molecular weight is 414 g/mol. The highest BCUT2D eigenvalue weighted by Crippen LogP contribution is 2.28. The van der Waals surface area contributed by atoms with Crippen molar-refractivity contribution in [2.45, 2.75) is 63.3 Å². The summed E-state index contributed by atoms with van der Waals surface area (Å²) in [6, 6.07) is -1.51. The molecule has 6 atom stereocenters. The molecule has 1 fully saturated rings. The molecule has 0 radical (unpaired) electrons. The summed E-state index contributed by atoms with van der Waals surface area (Å²) >= 11 is 0. The van der Waals surface area contributed by atoms with Crippen LogP contribution in [0.3, 0.4) is 0 Å². The van der Waals surface area contributed by atoms with Gasteiger partial charge in [-0.1, -0.05) is 13.8 Å². The number of nitrogens with two attached hydrogens (primary N) is 1. The zero-order valence-corrected chi connectivity index (χ0v) is 16.0. The Hall–Kier alpha value is -2.54. The van der Waals surface area contributed by atoms with Crippen molar-refractivity contribution in [1.29, 1.82) is 0 Å². The molecule has 0 unspecified atom stereocenters. The lowest BCUT2D eigenvalue weighted by Gasteiger charge is -2.39. The standard InChI is InChI=1S/C17H26N4O8/c1-7(2)5-8(18)14(25)20-12(16(26)27)10-6-9(22)13(24)15(29-10)21-4-3-11(23)19-17(21)28/h3-4,7-10,12-13,15,22,24H,5-6,18H2,1-2H3,(H,20,25)(H,26,27)(H,19,23,28)/t8-,9+,10-,12-,13+,15+/m0/s1. The quantitative estimate of drug-likeness (QED) is 0.279. The van der Waals surface area contributed by atoms with Crippen LogP contribution in [0.25, 0.3) is 0 Å². The van der Waals surface area contributed by atoms with Gasteiger partial charge in [-0.2, -0.15) is 0 Å². The van der Waals surface area contributed by atoms with Gasteiger partial charge in [0.2, 0.25) is 5.91 Å². The van der Waals surface area contributed by atoms with Gasteiger partial charge in [-0.3, -0.25) is 19.1 Å². The minimum Gasteiger partial charge on any atom is -0.480 e. The highest BCUT2D eigenvalue weighted by atomic mass is 16.5. The highest BCUT2D eigenvalue weighted by molar-refractivity contribution is 5.87. The number of aromatic amines is 1. The van der Waals surface area contributed by atoms with E-state index in [9.17, 15) is 34.5 Å². The van der Waals surface area contributed by atoms with Gasteiger partial charge in [0.05, 0.1) is 18.2 Å². The van der Waals surface area contributed by atoms with Crippen molar-refractivity contribution in [3.05, 3.63) is 33.1 Å². The normalized spacial score (nSPS) is 26.7. The number of nitrogens with zero attached hydrogens (tertiary/aromatic N) is 1. The molecule has 0 aromatic carbocycles. The first-order chi connectivity index (χ1) is 13.5. The van der Waals surface area contributed by atoms with Crippen LogP contribution < -0.4 is 22.3 Å². The molecule has 0 bridgehead atoms. The van der Waals surface area contributed by atoms with E-state index < -0.39 is 59.7 Å². The number of aromatic nitrogens is 2. The first-order valence-corrected chi connectivity index (χ1v) is 9.13. The van der Waals surface area contributed by atoms with Crippen molar-refractivity contribution in [3.8, 4) is 0 Å². The Bertz CT molecular complexity index is 850. The van der Waals surface area contributed by atoms with E-state index in [0.29, 0.717) is 6.42 Å². The third-order valence-corrected chi connectivity index (χ3v) is 4.60. The van der Waals surface area contributed by atoms with Gasteiger partial charge < -0.3 is 31.1 Å². The van der Waals surface area contributed by atoms with Crippen LogP contribution in [-0.2, 0) is 14.3 Å². The van der Waals surface area contributed by atoms with E-state index in [-0.39, 0.29) is 12.3 Å². The summed E-state index contributed by atoms with van der Waals surface area (Å²) in [5, 5.41) is 32.2. The second-order valence-corrected chi connectivity index (χ2v) is 7.44. The second kappa shape index (κ2) is 9.31. The van der Waals surface area contributed by atoms with Gasteiger partial charge in [-0.25, -0.2) is 9.59 Å². The number of carboxylic acids is 1. The first kappa shape index (κ1) is 22.7. The van der Waals surface area contributed by atoms with Gasteiger partial charge in [0, 0.05) is 18.7 Å². The van der Waals surface area contributed by atoms with Gasteiger partial charge in [-0.05, 0) is 12.3 Å². The summed E-state index contributed by atoms with van der Waals surface area (Å²) in [6.45, 7) is 3.71. The number of carbonyl (C=O) groups is 2. The molecule has 12 nitrogen and oxygen atoms in total. The molecular formula is C17H26N4O8. The van der Waals surface area contributed by atoms with E-state index in [2.05, 4.69) is 5.32 Å². The summed E-state index contributed by atoms with van der Waals surface area (Å²) < 4.78 is 6.38. The van der Waals surface area contributed by atoms with Crippen LogP contribution in [0.15, 0.2) is 21.9 Å². The maximum Gasteiger partial charge on any atom is 0.330 e. The molecule has 1 aliphatic heterocycles. The minimum absolute atomic E-state index is 0.110. The predicted octanol–water partition coefficient (Wildman–Crippen LogP) is -2.51. The summed E-state index contributed by atoms with van der Waals surface area (Å²) in [4.78, 5) is 49.2. The number of aliphatic hydroxyl groups excluding tert-OH is 2. The fourth-order valence-electron chi connectivity index (χ4n) is 3.14. The van der Waals surface area contributed by atoms with E-state index in [0.717, 1.165) is 16.8 Å². The molecule has 0 aliphatic carbocycles. The van der Waals surface area contributed by atoms with Crippen LogP contribution in [0.1, 0.15) is 32.9 Å². The maximum absolute atomic E-state index is 12.3. The van der Waals surface area contributed by atoms with E-state index in [1.165, 1.54) is 0 Å². The lowest BCUT2D eigenvalue weighted by molar-refractivity contribution is -0.209. The van der Waals surface area contributed by atoms with E-state index in [1.54, 1.807) is 0 Å².